The maximum Gasteiger partial charge on any atom is 0.0583 e. The molecule has 0 radical (unpaired) electrons. The minimum absolute atomic E-state index is 0.366. The van der Waals surface area contributed by atoms with Crippen LogP contribution >= 0.6 is 0 Å². The zero-order valence-corrected chi connectivity index (χ0v) is 39.4. The quantitative estimate of drug-likeness (QED) is 0.120. The summed E-state index contributed by atoms with van der Waals surface area (Å²) >= 11 is 0. The summed E-state index contributed by atoms with van der Waals surface area (Å²) < 4.78 is 2.51. The molecule has 1 aromatic heterocycles. The van der Waals surface area contributed by atoms with Crippen LogP contribution in [-0.2, 0) is 5.41 Å². The van der Waals surface area contributed by atoms with E-state index in [0.29, 0.717) is 0 Å². The number of aromatic nitrogens is 1. The summed E-state index contributed by atoms with van der Waals surface area (Å²) in [5.74, 6) is 0. The molecule has 0 saturated heterocycles. The van der Waals surface area contributed by atoms with Crippen LogP contribution in [0, 0.1) is 0 Å². The van der Waals surface area contributed by atoms with Crippen LogP contribution in [0.5, 0.6) is 0 Å². The Bertz CT molecular complexity index is 3900. The van der Waals surface area contributed by atoms with Crippen molar-refractivity contribution < 1.29 is 0 Å². The lowest BCUT2D eigenvalue weighted by Crippen LogP contribution is -2.27. The molecule has 10 aromatic carbocycles. The number of fused-ring (bicyclic) bond motifs is 7. The van der Waals surface area contributed by atoms with Crippen LogP contribution in [0.15, 0.2) is 250 Å². The van der Waals surface area contributed by atoms with Crippen LogP contribution in [0.2, 0.25) is 0 Å². The second kappa shape index (κ2) is 17.3. The lowest BCUT2D eigenvalue weighted by Gasteiger charge is -2.36. The number of hydrogen-bond donors (Lipinski definition) is 0. The van der Waals surface area contributed by atoms with Gasteiger partial charge in [-0.1, -0.05) is 185 Å². The van der Waals surface area contributed by atoms with Crippen molar-refractivity contribution in [3.63, 3.8) is 0 Å². The molecule has 0 amide bonds. The van der Waals surface area contributed by atoms with Crippen LogP contribution in [0.1, 0.15) is 36.1 Å². The van der Waals surface area contributed by atoms with E-state index in [0.717, 1.165) is 50.8 Å². The first-order chi connectivity index (χ1) is 34.4. The van der Waals surface area contributed by atoms with Gasteiger partial charge in [-0.15, -0.1) is 0 Å². The monoisotopic (exact) mass is 897 g/mol. The average Bonchev–Trinajstić information content (AvgIpc) is 3.74. The topological polar surface area (TPSA) is 11.4 Å². The third-order valence-corrected chi connectivity index (χ3v) is 14.2. The van der Waals surface area contributed by atoms with Crippen LogP contribution in [0.25, 0.3) is 72.3 Å². The van der Waals surface area contributed by atoms with Gasteiger partial charge in [-0.25, -0.2) is 0 Å². The summed E-state index contributed by atoms with van der Waals surface area (Å²) in [6, 6.07) is 78.2. The van der Waals surface area contributed by atoms with Crippen LogP contribution in [0.3, 0.4) is 0 Å². The Morgan fingerprint density at radius 3 is 1.54 bits per heavy atom. The van der Waals surface area contributed by atoms with Gasteiger partial charge in [0.15, 0.2) is 0 Å². The summed E-state index contributed by atoms with van der Waals surface area (Å²) in [5, 5.41) is 7.33. The van der Waals surface area contributed by atoms with Gasteiger partial charge in [0.1, 0.15) is 0 Å². The zero-order valence-electron chi connectivity index (χ0n) is 39.4. The van der Waals surface area contributed by atoms with Gasteiger partial charge in [-0.05, 0) is 146 Å². The van der Waals surface area contributed by atoms with Gasteiger partial charge < -0.3 is 14.4 Å². The molecule has 0 fully saturated rings. The second-order valence-corrected chi connectivity index (χ2v) is 18.8. The van der Waals surface area contributed by atoms with Crippen molar-refractivity contribution >= 4 is 89.6 Å². The summed E-state index contributed by atoms with van der Waals surface area (Å²) in [6.45, 7) is 12.6. The normalized spacial score (nSPS) is 12.8. The number of allylic oxidation sites excluding steroid dienone is 4. The van der Waals surface area contributed by atoms with Gasteiger partial charge in [0.05, 0.1) is 16.7 Å². The molecule has 0 bridgehead atoms. The zero-order chi connectivity index (χ0) is 47.3. The summed E-state index contributed by atoms with van der Waals surface area (Å²) in [7, 11) is 0. The predicted molar refractivity (Wildman–Crippen MR) is 301 cm³/mol. The van der Waals surface area contributed by atoms with Crippen molar-refractivity contribution in [2.75, 3.05) is 9.80 Å². The third kappa shape index (κ3) is 7.31. The van der Waals surface area contributed by atoms with Crippen molar-refractivity contribution in [2.45, 2.75) is 19.3 Å². The average molecular weight is 898 g/mol. The van der Waals surface area contributed by atoms with E-state index < -0.39 is 0 Å². The molecule has 3 nitrogen and oxygen atoms in total. The van der Waals surface area contributed by atoms with E-state index in [1.165, 1.54) is 65.7 Å². The predicted octanol–water partition coefficient (Wildman–Crippen LogP) is 18.7. The summed E-state index contributed by atoms with van der Waals surface area (Å²) in [5.41, 5.74) is 17.1. The molecule has 0 aliphatic carbocycles. The molecule has 0 atom stereocenters. The highest BCUT2D eigenvalue weighted by Crippen LogP contribution is 2.51. The standard InChI is InChI=1S/C67H51N3/c1-5-7-16-46-26-33-54(34-27-46)68(57-37-30-48-18-9-11-20-50(48)40-57)56-23-15-22-52(42-56)53-32-39-65-62(43-53)67(3,4)63-45-59(44-61-60-24-13-14-25-64(60)70(65)66(61)63)69(55-35-28-47(29-36-55)17-8-6-2)58-38-31-49-19-10-12-21-51(49)41-58/h5-45H,1-2H2,3-4H3. The number of para-hydroxylation sites is 1. The Balaban J connectivity index is 1.01. The Morgan fingerprint density at radius 1 is 0.400 bits per heavy atom. The molecule has 11 aromatic rings. The van der Waals surface area contributed by atoms with Gasteiger partial charge >= 0.3 is 0 Å². The van der Waals surface area contributed by atoms with Crippen molar-refractivity contribution in [3.8, 4) is 16.8 Å². The van der Waals surface area contributed by atoms with E-state index in [1.54, 1.807) is 0 Å². The van der Waals surface area contributed by atoms with Crippen LogP contribution in [-0.4, -0.2) is 4.57 Å². The highest BCUT2D eigenvalue weighted by molar-refractivity contribution is 6.13. The SMILES string of the molecule is C=CC=Cc1ccc(N(c2cccc(-c3ccc4c(c3)C(C)(C)c3cc(N(c5ccc(C=CC=C)cc5)c5ccc6ccccc6c5)cc5c6ccccc6n-4c35)c2)c2ccc3ccccc3c2)cc1. The molecule has 2 heterocycles. The maximum atomic E-state index is 3.89. The molecule has 0 unspecified atom stereocenters. The van der Waals surface area contributed by atoms with E-state index >= 15 is 0 Å². The Kier molecular flexibility index (Phi) is 10.5. The van der Waals surface area contributed by atoms with Crippen molar-refractivity contribution in [2.24, 2.45) is 0 Å². The molecular weight excluding hydrogens is 847 g/mol. The van der Waals surface area contributed by atoms with Crippen molar-refractivity contribution in [1.82, 2.24) is 4.57 Å². The highest BCUT2D eigenvalue weighted by Gasteiger charge is 2.36. The summed E-state index contributed by atoms with van der Waals surface area (Å²) in [4.78, 5) is 4.79. The first-order valence-electron chi connectivity index (χ1n) is 24.1. The molecule has 334 valence electrons. The summed E-state index contributed by atoms with van der Waals surface area (Å²) in [6.07, 6.45) is 11.8. The van der Waals surface area contributed by atoms with Crippen LogP contribution < -0.4 is 9.80 Å². The fourth-order valence-corrected chi connectivity index (χ4v) is 10.7. The van der Waals surface area contributed by atoms with Crippen LogP contribution in [0.4, 0.5) is 34.1 Å². The fourth-order valence-electron chi connectivity index (χ4n) is 10.7. The van der Waals surface area contributed by atoms with E-state index in [-0.39, 0.29) is 5.41 Å². The Hall–Kier alpha value is -8.92. The molecule has 0 N–H and O–H groups in total. The second-order valence-electron chi connectivity index (χ2n) is 18.8. The highest BCUT2D eigenvalue weighted by atomic mass is 15.1. The van der Waals surface area contributed by atoms with Gasteiger partial charge in [-0.3, -0.25) is 0 Å². The Morgan fingerprint density at radius 2 is 0.929 bits per heavy atom. The molecule has 70 heavy (non-hydrogen) atoms. The molecule has 1 aliphatic heterocycles. The van der Waals surface area contributed by atoms with E-state index in [9.17, 15) is 0 Å². The third-order valence-electron chi connectivity index (χ3n) is 14.2. The first-order valence-corrected chi connectivity index (χ1v) is 24.1. The number of hydrogen-bond acceptors (Lipinski definition) is 2. The smallest absolute Gasteiger partial charge is 0.0583 e. The fraction of sp³-hybridized carbons (Fsp3) is 0.0448. The van der Waals surface area contributed by atoms with Crippen molar-refractivity contribution in [1.29, 1.82) is 0 Å². The van der Waals surface area contributed by atoms with Gasteiger partial charge in [0.25, 0.3) is 0 Å². The molecule has 1 aliphatic rings. The first kappa shape index (κ1) is 42.4. The Labute approximate surface area is 410 Å². The molecule has 0 saturated carbocycles. The lowest BCUT2D eigenvalue weighted by molar-refractivity contribution is 0.630. The van der Waals surface area contributed by atoms with Gasteiger partial charge in [-0.2, -0.15) is 0 Å². The number of nitrogens with zero attached hydrogens (tertiary/aromatic N) is 3. The van der Waals surface area contributed by atoms with Gasteiger partial charge in [0, 0.05) is 50.3 Å². The minimum Gasteiger partial charge on any atom is -0.310 e. The molecule has 3 heteroatoms. The maximum absolute atomic E-state index is 3.89. The molecular formula is C67H51N3. The molecule has 12 rings (SSSR count). The van der Waals surface area contributed by atoms with Crippen molar-refractivity contribution in [3.05, 3.63) is 272 Å². The van der Waals surface area contributed by atoms with Gasteiger partial charge in [0.2, 0.25) is 0 Å². The van der Waals surface area contributed by atoms with E-state index in [2.05, 4.69) is 266 Å². The number of rotatable bonds is 11. The lowest BCUT2D eigenvalue weighted by atomic mass is 9.73. The minimum atomic E-state index is -0.366. The number of anilines is 6. The number of benzene rings is 10. The molecule has 0 spiro atoms. The van der Waals surface area contributed by atoms with E-state index in [1.807, 2.05) is 24.3 Å². The van der Waals surface area contributed by atoms with E-state index in [4.69, 9.17) is 0 Å². The largest absolute Gasteiger partial charge is 0.310 e.